The molecule has 0 unspecified atom stereocenters. The second-order valence-corrected chi connectivity index (χ2v) is 4.36. The Hall–Kier alpha value is -1.66. The molecule has 0 radical (unpaired) electrons. The van der Waals surface area contributed by atoms with Gasteiger partial charge in [0.15, 0.2) is 0 Å². The predicted octanol–water partition coefficient (Wildman–Crippen LogP) is 0.989. The van der Waals surface area contributed by atoms with Crippen LogP contribution in [0, 0.1) is 0 Å². The molecule has 2 aromatic heterocycles. The van der Waals surface area contributed by atoms with Crippen molar-refractivity contribution in [3.8, 4) is 11.1 Å². The van der Waals surface area contributed by atoms with Crippen molar-refractivity contribution in [3.05, 3.63) is 36.9 Å². The first-order valence-corrected chi connectivity index (χ1v) is 5.64. The van der Waals surface area contributed by atoms with Gasteiger partial charge in [0.1, 0.15) is 0 Å². The highest BCUT2D eigenvalue weighted by Crippen LogP contribution is 2.26. The molecule has 0 saturated carbocycles. The van der Waals surface area contributed by atoms with Crippen LogP contribution in [0.2, 0.25) is 0 Å². The molecule has 2 aromatic rings. The molecule has 2 rings (SSSR count). The standard InChI is InChI=1S/C9H8N2O3S/c10-15(12,13)9-8(3-6-14-9)7-1-4-11-5-2-7/h1-6H,(H2,10,12,13). The van der Waals surface area contributed by atoms with Crippen molar-refractivity contribution in [1.29, 1.82) is 0 Å². The van der Waals surface area contributed by atoms with Crippen LogP contribution in [0.15, 0.2) is 46.4 Å². The van der Waals surface area contributed by atoms with Crippen LogP contribution in [0.3, 0.4) is 0 Å². The topological polar surface area (TPSA) is 86.2 Å². The van der Waals surface area contributed by atoms with Gasteiger partial charge in [0.2, 0.25) is 5.09 Å². The van der Waals surface area contributed by atoms with Crippen molar-refractivity contribution in [1.82, 2.24) is 4.98 Å². The third kappa shape index (κ3) is 1.90. The largest absolute Gasteiger partial charge is 0.451 e. The zero-order valence-electron chi connectivity index (χ0n) is 7.62. The molecule has 0 aromatic carbocycles. The lowest BCUT2D eigenvalue weighted by Gasteiger charge is -1.99. The summed E-state index contributed by atoms with van der Waals surface area (Å²) in [7, 11) is -3.83. The van der Waals surface area contributed by atoms with Gasteiger partial charge in [-0.25, -0.2) is 13.6 Å². The lowest BCUT2D eigenvalue weighted by atomic mass is 10.1. The molecule has 6 heteroatoms. The van der Waals surface area contributed by atoms with Gasteiger partial charge in [-0.15, -0.1) is 0 Å². The molecule has 2 N–H and O–H groups in total. The van der Waals surface area contributed by atoms with Crippen LogP contribution in [-0.4, -0.2) is 13.4 Å². The second-order valence-electron chi connectivity index (χ2n) is 2.90. The predicted molar refractivity (Wildman–Crippen MR) is 53.3 cm³/mol. The molecule has 0 aliphatic carbocycles. The van der Waals surface area contributed by atoms with Crippen molar-refractivity contribution in [2.75, 3.05) is 0 Å². The van der Waals surface area contributed by atoms with E-state index in [0.29, 0.717) is 11.1 Å². The van der Waals surface area contributed by atoms with Crippen LogP contribution in [0.25, 0.3) is 11.1 Å². The van der Waals surface area contributed by atoms with Crippen molar-refractivity contribution in [3.63, 3.8) is 0 Å². The molecule has 0 spiro atoms. The molecule has 0 atom stereocenters. The minimum absolute atomic E-state index is 0.228. The number of furan rings is 1. The molecule has 0 bridgehead atoms. The van der Waals surface area contributed by atoms with Crippen LogP contribution >= 0.6 is 0 Å². The number of pyridine rings is 1. The summed E-state index contributed by atoms with van der Waals surface area (Å²) in [6, 6.07) is 4.91. The van der Waals surface area contributed by atoms with Crippen LogP contribution in [-0.2, 0) is 10.0 Å². The van der Waals surface area contributed by atoms with Crippen molar-refractivity contribution in [2.45, 2.75) is 5.09 Å². The fourth-order valence-corrected chi connectivity index (χ4v) is 1.94. The van der Waals surface area contributed by atoms with Gasteiger partial charge in [0.25, 0.3) is 10.0 Å². The number of nitrogens with two attached hydrogens (primary N) is 1. The molecule has 0 aliphatic rings. The van der Waals surface area contributed by atoms with Crippen LogP contribution in [0.5, 0.6) is 0 Å². The Balaban J connectivity index is 2.61. The number of nitrogens with zero attached hydrogens (tertiary/aromatic N) is 1. The molecular formula is C9H8N2O3S. The maximum Gasteiger partial charge on any atom is 0.272 e. The molecule has 15 heavy (non-hydrogen) atoms. The monoisotopic (exact) mass is 224 g/mol. The third-order valence-corrected chi connectivity index (χ3v) is 2.71. The highest BCUT2D eigenvalue weighted by Gasteiger charge is 2.18. The van der Waals surface area contributed by atoms with Gasteiger partial charge in [-0.05, 0) is 23.8 Å². The minimum Gasteiger partial charge on any atom is -0.451 e. The number of hydrogen-bond acceptors (Lipinski definition) is 4. The number of rotatable bonds is 2. The summed E-state index contributed by atoms with van der Waals surface area (Å²) in [5.74, 6) is 0. The van der Waals surface area contributed by atoms with Gasteiger partial charge < -0.3 is 4.42 Å². The summed E-state index contributed by atoms with van der Waals surface area (Å²) in [5.41, 5.74) is 1.14. The van der Waals surface area contributed by atoms with Gasteiger partial charge in [-0.2, -0.15) is 0 Å². The fourth-order valence-electron chi connectivity index (χ4n) is 1.26. The fraction of sp³-hybridized carbons (Fsp3) is 0. The molecule has 0 fully saturated rings. The highest BCUT2D eigenvalue weighted by atomic mass is 32.2. The van der Waals surface area contributed by atoms with Gasteiger partial charge in [0.05, 0.1) is 6.26 Å². The number of aromatic nitrogens is 1. The van der Waals surface area contributed by atoms with Gasteiger partial charge >= 0.3 is 0 Å². The van der Waals surface area contributed by atoms with Gasteiger partial charge in [-0.3, -0.25) is 4.98 Å². The smallest absolute Gasteiger partial charge is 0.272 e. The van der Waals surface area contributed by atoms with Gasteiger partial charge in [-0.1, -0.05) is 0 Å². The maximum absolute atomic E-state index is 11.2. The number of primary sulfonamides is 1. The summed E-state index contributed by atoms with van der Waals surface area (Å²) in [5, 5.41) is 4.77. The van der Waals surface area contributed by atoms with E-state index in [0.717, 1.165) is 0 Å². The number of sulfonamides is 1. The molecule has 0 aliphatic heterocycles. The molecule has 0 saturated heterocycles. The lowest BCUT2D eigenvalue weighted by Crippen LogP contribution is -2.12. The summed E-state index contributed by atoms with van der Waals surface area (Å²) >= 11 is 0. The first kappa shape index (κ1) is 9.88. The van der Waals surface area contributed by atoms with E-state index in [-0.39, 0.29) is 5.09 Å². The Kier molecular flexibility index (Phi) is 2.29. The third-order valence-electron chi connectivity index (χ3n) is 1.88. The summed E-state index contributed by atoms with van der Waals surface area (Å²) in [6.07, 6.45) is 4.42. The Morgan fingerprint density at radius 2 is 1.87 bits per heavy atom. The zero-order valence-corrected chi connectivity index (χ0v) is 8.44. The summed E-state index contributed by atoms with van der Waals surface area (Å²) in [6.45, 7) is 0. The van der Waals surface area contributed by atoms with Crippen molar-refractivity contribution in [2.24, 2.45) is 5.14 Å². The van der Waals surface area contributed by atoms with E-state index in [4.69, 9.17) is 9.56 Å². The van der Waals surface area contributed by atoms with E-state index in [2.05, 4.69) is 4.98 Å². The van der Waals surface area contributed by atoms with Crippen LogP contribution < -0.4 is 5.14 Å². The summed E-state index contributed by atoms with van der Waals surface area (Å²) in [4.78, 5) is 3.84. The zero-order chi connectivity index (χ0) is 10.9. The van der Waals surface area contributed by atoms with E-state index >= 15 is 0 Å². The minimum atomic E-state index is -3.83. The average Bonchev–Trinajstić information content (AvgIpc) is 2.67. The van der Waals surface area contributed by atoms with Gasteiger partial charge in [0, 0.05) is 18.0 Å². The molecule has 0 amide bonds. The Morgan fingerprint density at radius 3 is 2.47 bits per heavy atom. The Labute approximate surface area is 86.6 Å². The van der Waals surface area contributed by atoms with E-state index in [1.165, 1.54) is 6.26 Å². The second kappa shape index (κ2) is 3.48. The van der Waals surface area contributed by atoms with Crippen LogP contribution in [0.1, 0.15) is 0 Å². The Morgan fingerprint density at radius 1 is 1.20 bits per heavy atom. The molecular weight excluding hydrogens is 216 g/mol. The van der Waals surface area contributed by atoms with Crippen molar-refractivity contribution < 1.29 is 12.8 Å². The van der Waals surface area contributed by atoms with E-state index in [1.807, 2.05) is 0 Å². The molecule has 2 heterocycles. The average molecular weight is 224 g/mol. The summed E-state index contributed by atoms with van der Waals surface area (Å²) < 4.78 is 27.2. The molecule has 78 valence electrons. The Bertz CT molecular complexity index is 560. The van der Waals surface area contributed by atoms with Crippen molar-refractivity contribution >= 4 is 10.0 Å². The first-order chi connectivity index (χ1) is 7.09. The SMILES string of the molecule is NS(=O)(=O)c1occc1-c1ccncc1. The normalized spacial score (nSPS) is 11.5. The quantitative estimate of drug-likeness (QED) is 0.824. The lowest BCUT2D eigenvalue weighted by molar-refractivity contribution is 0.452. The van der Waals surface area contributed by atoms with E-state index in [1.54, 1.807) is 30.6 Å². The van der Waals surface area contributed by atoms with E-state index in [9.17, 15) is 8.42 Å². The van der Waals surface area contributed by atoms with Crippen LogP contribution in [0.4, 0.5) is 0 Å². The molecule has 5 nitrogen and oxygen atoms in total. The highest BCUT2D eigenvalue weighted by molar-refractivity contribution is 7.89. The number of hydrogen-bond donors (Lipinski definition) is 1. The maximum atomic E-state index is 11.2. The first-order valence-electron chi connectivity index (χ1n) is 4.10. The van der Waals surface area contributed by atoms with E-state index < -0.39 is 10.0 Å².